The predicted molar refractivity (Wildman–Crippen MR) is 98.1 cm³/mol. The Morgan fingerprint density at radius 2 is 2.07 bits per heavy atom. The van der Waals surface area contributed by atoms with E-state index in [1.54, 1.807) is 25.1 Å². The Bertz CT molecular complexity index is 1020. The van der Waals surface area contributed by atoms with Crippen molar-refractivity contribution in [2.24, 2.45) is 0 Å². The van der Waals surface area contributed by atoms with Crippen molar-refractivity contribution in [3.8, 4) is 11.5 Å². The molecule has 0 spiro atoms. The number of aromatic hydroxyl groups is 1. The van der Waals surface area contributed by atoms with Gasteiger partial charge in [0.1, 0.15) is 17.1 Å². The van der Waals surface area contributed by atoms with E-state index in [0.29, 0.717) is 23.5 Å². The number of fused-ring (bicyclic) bond motifs is 1. The summed E-state index contributed by atoms with van der Waals surface area (Å²) in [5, 5.41) is 24.1. The molecule has 0 bridgehead atoms. The molecular weight excluding hydrogens is 352 g/mol. The molecule has 2 N–H and O–H groups in total. The van der Waals surface area contributed by atoms with Crippen LogP contribution in [0.3, 0.4) is 0 Å². The van der Waals surface area contributed by atoms with Gasteiger partial charge >= 0.3 is 0 Å². The van der Waals surface area contributed by atoms with E-state index in [1.807, 2.05) is 6.92 Å². The zero-order valence-corrected chi connectivity index (χ0v) is 14.8. The van der Waals surface area contributed by atoms with Crippen LogP contribution in [-0.4, -0.2) is 22.5 Å². The Morgan fingerprint density at radius 1 is 1.30 bits per heavy atom. The van der Waals surface area contributed by atoms with Crippen LogP contribution >= 0.6 is 0 Å². The van der Waals surface area contributed by atoms with Gasteiger partial charge in [-0.05, 0) is 38.1 Å². The average Bonchev–Trinajstić information content (AvgIpc) is 2.97. The molecule has 8 heteroatoms. The van der Waals surface area contributed by atoms with Gasteiger partial charge in [-0.1, -0.05) is 0 Å². The van der Waals surface area contributed by atoms with Crippen LogP contribution in [0, 0.1) is 17.0 Å². The van der Waals surface area contributed by atoms with Crippen LogP contribution in [0.2, 0.25) is 0 Å². The first-order chi connectivity index (χ1) is 12.9. The second-order valence-electron chi connectivity index (χ2n) is 5.90. The molecule has 0 aliphatic carbocycles. The van der Waals surface area contributed by atoms with Gasteiger partial charge in [0.15, 0.2) is 5.76 Å². The lowest BCUT2D eigenvalue weighted by Crippen LogP contribution is -2.23. The number of nitro benzene ring substituents is 1. The number of aryl methyl sites for hydroxylation is 1. The van der Waals surface area contributed by atoms with Crippen LogP contribution in [0.25, 0.3) is 11.0 Å². The van der Waals surface area contributed by atoms with Crippen molar-refractivity contribution >= 4 is 22.6 Å². The first kappa shape index (κ1) is 18.2. The van der Waals surface area contributed by atoms with Crippen molar-refractivity contribution in [3.63, 3.8) is 0 Å². The summed E-state index contributed by atoms with van der Waals surface area (Å²) in [7, 11) is 0. The third-order valence-electron chi connectivity index (χ3n) is 4.14. The van der Waals surface area contributed by atoms with Crippen molar-refractivity contribution in [1.29, 1.82) is 0 Å². The van der Waals surface area contributed by atoms with Crippen molar-refractivity contribution in [2.45, 2.75) is 20.4 Å². The van der Waals surface area contributed by atoms with Gasteiger partial charge in [-0.15, -0.1) is 0 Å². The summed E-state index contributed by atoms with van der Waals surface area (Å²) in [5.41, 5.74) is 1.29. The molecule has 0 radical (unpaired) electrons. The van der Waals surface area contributed by atoms with Gasteiger partial charge < -0.3 is 19.6 Å². The Labute approximate surface area is 154 Å². The minimum atomic E-state index is -0.565. The second-order valence-corrected chi connectivity index (χ2v) is 5.90. The number of phenolic OH excluding ortho intramolecular Hbond substituents is 1. The number of rotatable bonds is 6. The van der Waals surface area contributed by atoms with Gasteiger partial charge in [0, 0.05) is 35.2 Å². The van der Waals surface area contributed by atoms with Crippen molar-refractivity contribution in [3.05, 3.63) is 63.4 Å². The Kier molecular flexibility index (Phi) is 4.98. The molecule has 1 aromatic heterocycles. The number of benzene rings is 2. The molecule has 0 aliphatic rings. The van der Waals surface area contributed by atoms with Crippen LogP contribution in [0.1, 0.15) is 28.6 Å². The minimum Gasteiger partial charge on any atom is -0.508 e. The van der Waals surface area contributed by atoms with Crippen molar-refractivity contribution in [2.75, 3.05) is 6.61 Å². The molecule has 0 aliphatic heterocycles. The monoisotopic (exact) mass is 370 g/mol. The summed E-state index contributed by atoms with van der Waals surface area (Å²) in [5.74, 6) is 0.210. The molecule has 1 heterocycles. The highest BCUT2D eigenvalue weighted by molar-refractivity contribution is 5.99. The van der Waals surface area contributed by atoms with Gasteiger partial charge in [-0.3, -0.25) is 14.9 Å². The van der Waals surface area contributed by atoms with Gasteiger partial charge in [0.2, 0.25) is 0 Å². The molecule has 3 aromatic rings. The maximum Gasteiger partial charge on any atom is 0.287 e. The van der Waals surface area contributed by atoms with Crippen molar-refractivity contribution in [1.82, 2.24) is 5.32 Å². The van der Waals surface area contributed by atoms with Gasteiger partial charge in [-0.25, -0.2) is 0 Å². The van der Waals surface area contributed by atoms with E-state index < -0.39 is 10.8 Å². The molecule has 8 nitrogen and oxygen atoms in total. The number of hydrogen-bond donors (Lipinski definition) is 2. The quantitative estimate of drug-likeness (QED) is 0.505. The van der Waals surface area contributed by atoms with E-state index in [9.17, 15) is 20.0 Å². The summed E-state index contributed by atoms with van der Waals surface area (Å²) in [6.45, 7) is 4.10. The predicted octanol–water partition coefficient (Wildman–Crippen LogP) is 3.68. The molecule has 2 aromatic carbocycles. The lowest BCUT2D eigenvalue weighted by atomic mass is 10.1. The van der Waals surface area contributed by atoms with Gasteiger partial charge in [0.05, 0.1) is 11.5 Å². The van der Waals surface area contributed by atoms with Crippen LogP contribution < -0.4 is 10.1 Å². The highest BCUT2D eigenvalue weighted by Crippen LogP contribution is 2.29. The number of nitro groups is 1. The summed E-state index contributed by atoms with van der Waals surface area (Å²) < 4.78 is 11.1. The Hall–Kier alpha value is -3.55. The minimum absolute atomic E-state index is 0.0764. The highest BCUT2D eigenvalue weighted by Gasteiger charge is 2.19. The highest BCUT2D eigenvalue weighted by atomic mass is 16.6. The molecule has 27 heavy (non-hydrogen) atoms. The molecular formula is C19H18N2O6. The smallest absolute Gasteiger partial charge is 0.287 e. The summed E-state index contributed by atoms with van der Waals surface area (Å²) in [4.78, 5) is 22.8. The zero-order valence-electron chi connectivity index (χ0n) is 14.8. The zero-order chi connectivity index (χ0) is 19.6. The summed E-state index contributed by atoms with van der Waals surface area (Å²) in [6, 6.07) is 8.94. The average molecular weight is 370 g/mol. The van der Waals surface area contributed by atoms with E-state index in [4.69, 9.17) is 9.15 Å². The topological polar surface area (TPSA) is 115 Å². The number of phenols is 1. The van der Waals surface area contributed by atoms with Gasteiger partial charge in [0.25, 0.3) is 11.6 Å². The fourth-order valence-electron chi connectivity index (χ4n) is 2.76. The normalized spacial score (nSPS) is 10.7. The largest absolute Gasteiger partial charge is 0.508 e. The molecule has 0 saturated heterocycles. The summed E-state index contributed by atoms with van der Waals surface area (Å²) >= 11 is 0. The number of non-ortho nitro benzene ring substituents is 1. The third-order valence-corrected chi connectivity index (χ3v) is 4.14. The first-order valence-corrected chi connectivity index (χ1v) is 8.31. The lowest BCUT2D eigenvalue weighted by Gasteiger charge is -2.06. The molecule has 140 valence electrons. The first-order valence-electron chi connectivity index (χ1n) is 8.31. The number of furan rings is 1. The Morgan fingerprint density at radius 3 is 2.78 bits per heavy atom. The standard InChI is InChI=1S/C19H18N2O6/c1-3-26-14-5-7-17-15(9-14)11(2)18(27-17)19(23)20-10-12-8-13(21(24)25)4-6-16(12)22/h4-9,22H,3,10H2,1-2H3,(H,20,23). The molecule has 0 saturated carbocycles. The van der Waals surface area contributed by atoms with Crippen LogP contribution in [0.15, 0.2) is 40.8 Å². The van der Waals surface area contributed by atoms with E-state index in [0.717, 1.165) is 5.39 Å². The molecule has 0 fully saturated rings. The number of nitrogens with one attached hydrogen (secondary N) is 1. The van der Waals surface area contributed by atoms with E-state index in [2.05, 4.69) is 5.32 Å². The maximum atomic E-state index is 12.5. The number of amides is 1. The molecule has 1 amide bonds. The van der Waals surface area contributed by atoms with Gasteiger partial charge in [-0.2, -0.15) is 0 Å². The fraction of sp³-hybridized carbons (Fsp3) is 0.211. The number of carbonyl (C=O) groups excluding carboxylic acids is 1. The summed E-state index contributed by atoms with van der Waals surface area (Å²) in [6.07, 6.45) is 0. The molecule has 0 unspecified atom stereocenters. The van der Waals surface area contributed by atoms with Crippen LogP contribution in [0.4, 0.5) is 5.69 Å². The van der Waals surface area contributed by atoms with Crippen LogP contribution in [-0.2, 0) is 6.54 Å². The van der Waals surface area contributed by atoms with E-state index in [1.165, 1.54) is 18.2 Å². The third kappa shape index (κ3) is 3.69. The molecule has 3 rings (SSSR count). The number of carbonyl (C=O) groups is 1. The fourth-order valence-corrected chi connectivity index (χ4v) is 2.76. The van der Waals surface area contributed by atoms with Crippen LogP contribution in [0.5, 0.6) is 11.5 Å². The number of nitrogens with zero attached hydrogens (tertiary/aromatic N) is 1. The SMILES string of the molecule is CCOc1ccc2oc(C(=O)NCc3cc([N+](=O)[O-])ccc3O)c(C)c2c1. The van der Waals surface area contributed by atoms with Crippen molar-refractivity contribution < 1.29 is 24.0 Å². The number of hydrogen-bond acceptors (Lipinski definition) is 6. The van der Waals surface area contributed by atoms with E-state index >= 15 is 0 Å². The lowest BCUT2D eigenvalue weighted by molar-refractivity contribution is -0.384. The van der Waals surface area contributed by atoms with E-state index in [-0.39, 0.29) is 29.3 Å². The molecule has 0 atom stereocenters. The second kappa shape index (κ2) is 7.36. The Balaban J connectivity index is 1.81. The number of ether oxygens (including phenoxy) is 1. The maximum absolute atomic E-state index is 12.5.